The van der Waals surface area contributed by atoms with Gasteiger partial charge in [0.25, 0.3) is 0 Å². The van der Waals surface area contributed by atoms with Gasteiger partial charge in [-0.1, -0.05) is 28.0 Å². The number of anilines is 1. The normalized spacial score (nSPS) is 17.6. The molecule has 7 nitrogen and oxygen atoms in total. The van der Waals surface area contributed by atoms with Crippen LogP contribution >= 0.6 is 32.9 Å². The molecule has 1 aromatic rings. The third kappa shape index (κ3) is 7.26. The molecular weight excluding hydrogens is 370 g/mol. The van der Waals surface area contributed by atoms with Gasteiger partial charge in [0.2, 0.25) is 5.91 Å². The molecule has 1 amide bonds. The van der Waals surface area contributed by atoms with Gasteiger partial charge in [-0.15, -0.1) is 11.3 Å². The first-order valence-corrected chi connectivity index (χ1v) is 11.1. The first-order chi connectivity index (χ1) is 11.5. The zero-order valence-corrected chi connectivity index (χ0v) is 16.0. The molecule has 10 heteroatoms. The number of nitrogens with zero attached hydrogens (tertiary/aromatic N) is 2. The molecule has 1 atom stereocenters. The van der Waals surface area contributed by atoms with Crippen LogP contribution in [-0.2, 0) is 16.1 Å². The molecule has 1 saturated heterocycles. The highest BCUT2D eigenvalue weighted by Crippen LogP contribution is 2.39. The molecule has 1 unspecified atom stereocenters. The molecule has 1 aliphatic rings. The van der Waals surface area contributed by atoms with E-state index in [1.54, 1.807) is 0 Å². The molecule has 3 N–H and O–H groups in total. The monoisotopic (exact) mass is 393 g/mol. The van der Waals surface area contributed by atoms with Crippen LogP contribution in [0.5, 0.6) is 0 Å². The van der Waals surface area contributed by atoms with Crippen LogP contribution in [0.3, 0.4) is 0 Å². The lowest BCUT2D eigenvalue weighted by molar-refractivity contribution is -0.492. The highest BCUT2D eigenvalue weighted by Gasteiger charge is 2.16. The number of hydrogen-bond acceptors (Lipinski definition) is 9. The van der Waals surface area contributed by atoms with E-state index in [1.165, 1.54) is 29.9 Å². The molecule has 1 fully saturated rings. The Hall–Kier alpha value is -0.360. The second-order valence-electron chi connectivity index (χ2n) is 5.49. The molecule has 0 saturated carbocycles. The Labute approximate surface area is 153 Å². The van der Waals surface area contributed by atoms with Gasteiger partial charge in [-0.3, -0.25) is 20.0 Å². The molecule has 1 aromatic heterocycles. The summed E-state index contributed by atoms with van der Waals surface area (Å²) < 4.78 is 0. The molecule has 24 heavy (non-hydrogen) atoms. The quantitative estimate of drug-likeness (QED) is 0.315. The van der Waals surface area contributed by atoms with Crippen molar-refractivity contribution in [2.24, 2.45) is 0 Å². The lowest BCUT2D eigenvalue weighted by Gasteiger charge is -2.06. The highest BCUT2D eigenvalue weighted by atomic mass is 33.1. The van der Waals surface area contributed by atoms with Crippen molar-refractivity contribution in [3.63, 3.8) is 0 Å². The van der Waals surface area contributed by atoms with Gasteiger partial charge in [0.1, 0.15) is 0 Å². The van der Waals surface area contributed by atoms with E-state index < -0.39 is 0 Å². The Balaban J connectivity index is 1.65. The van der Waals surface area contributed by atoms with Crippen LogP contribution in [0, 0.1) is 6.92 Å². The molecule has 2 heterocycles. The Kier molecular flexibility index (Phi) is 8.81. The van der Waals surface area contributed by atoms with Crippen molar-refractivity contribution < 1.29 is 20.0 Å². The average molecular weight is 394 g/mol. The summed E-state index contributed by atoms with van der Waals surface area (Å²) in [5.74, 6) is 1.25. The smallest absolute Gasteiger partial charge is 0.226 e. The van der Waals surface area contributed by atoms with Gasteiger partial charge >= 0.3 is 0 Å². The molecule has 0 aromatic carbocycles. The number of nitrogens with one attached hydrogen (secondary N) is 1. The van der Waals surface area contributed by atoms with Crippen LogP contribution in [0.1, 0.15) is 42.7 Å². The first-order valence-electron chi connectivity index (χ1n) is 7.90. The third-order valence-electron chi connectivity index (χ3n) is 3.58. The number of aryl methyl sites for hydroxylation is 1. The minimum Gasteiger partial charge on any atom is -0.302 e. The number of carbonyl (C=O) groups is 1. The number of hydrogen-bond donors (Lipinski definition) is 3. The zero-order chi connectivity index (χ0) is 17.4. The van der Waals surface area contributed by atoms with Gasteiger partial charge in [0, 0.05) is 28.7 Å². The summed E-state index contributed by atoms with van der Waals surface area (Å²) in [6.45, 7) is 1.98. The maximum absolute atomic E-state index is 12.0. The van der Waals surface area contributed by atoms with Gasteiger partial charge < -0.3 is 5.32 Å². The molecule has 2 rings (SSSR count). The van der Waals surface area contributed by atoms with Crippen molar-refractivity contribution in [1.29, 1.82) is 0 Å². The summed E-state index contributed by atoms with van der Waals surface area (Å²) in [7, 11) is 3.93. The highest BCUT2D eigenvalue weighted by molar-refractivity contribution is 8.77. The van der Waals surface area contributed by atoms with E-state index in [2.05, 4.69) is 15.1 Å². The molecule has 1 aliphatic heterocycles. The van der Waals surface area contributed by atoms with Crippen molar-refractivity contribution >= 4 is 44.0 Å². The minimum atomic E-state index is -0.304. The second kappa shape index (κ2) is 10.6. The predicted octanol–water partition coefficient (Wildman–Crippen LogP) is 3.66. The minimum absolute atomic E-state index is 0.00288. The lowest BCUT2D eigenvalue weighted by Crippen LogP contribution is -2.16. The SMILES string of the molecule is Cc1nc(NC(=O)CCCCC2CCSS2)sc1CCON(O)O. The molecule has 0 bridgehead atoms. The van der Waals surface area contributed by atoms with E-state index >= 15 is 0 Å². The van der Waals surface area contributed by atoms with Gasteiger partial charge in [0.05, 0.1) is 17.7 Å². The number of aromatic nitrogens is 1. The summed E-state index contributed by atoms with van der Waals surface area (Å²) in [5, 5.41) is 20.9. The topological polar surface area (TPSA) is 94.9 Å². The number of rotatable bonds is 10. The molecule has 136 valence electrons. The first kappa shape index (κ1) is 20.0. The van der Waals surface area contributed by atoms with Crippen LogP contribution in [0.4, 0.5) is 5.13 Å². The largest absolute Gasteiger partial charge is 0.302 e. The molecular formula is C14H23N3O4S3. The predicted molar refractivity (Wildman–Crippen MR) is 97.5 cm³/mol. The van der Waals surface area contributed by atoms with Gasteiger partial charge in [-0.2, -0.15) is 0 Å². The Morgan fingerprint density at radius 3 is 3.00 bits per heavy atom. The maximum atomic E-state index is 12.0. The van der Waals surface area contributed by atoms with E-state index in [0.29, 0.717) is 18.0 Å². The fourth-order valence-corrected chi connectivity index (χ4v) is 6.32. The number of unbranched alkanes of at least 4 members (excludes halogenated alkanes) is 1. The van der Waals surface area contributed by atoms with Crippen molar-refractivity contribution in [3.05, 3.63) is 10.6 Å². The molecule has 0 spiro atoms. The van der Waals surface area contributed by atoms with Crippen LogP contribution in [0.25, 0.3) is 0 Å². The van der Waals surface area contributed by atoms with Gasteiger partial charge in [0.15, 0.2) is 5.13 Å². The van der Waals surface area contributed by atoms with Crippen molar-refractivity contribution in [1.82, 2.24) is 10.4 Å². The van der Waals surface area contributed by atoms with E-state index in [9.17, 15) is 4.79 Å². The Morgan fingerprint density at radius 2 is 2.29 bits per heavy atom. The summed E-state index contributed by atoms with van der Waals surface area (Å²) in [4.78, 5) is 21.8. The van der Waals surface area contributed by atoms with Gasteiger partial charge in [-0.05, 0) is 26.2 Å². The van der Waals surface area contributed by atoms with Crippen LogP contribution in [-0.4, -0.2) is 44.3 Å². The fourth-order valence-electron chi connectivity index (χ4n) is 2.34. The van der Waals surface area contributed by atoms with Gasteiger partial charge in [-0.25, -0.2) is 4.98 Å². The zero-order valence-electron chi connectivity index (χ0n) is 13.6. The van der Waals surface area contributed by atoms with Crippen LogP contribution in [0.15, 0.2) is 0 Å². The van der Waals surface area contributed by atoms with Crippen LogP contribution < -0.4 is 5.32 Å². The van der Waals surface area contributed by atoms with E-state index in [0.717, 1.165) is 28.7 Å². The van der Waals surface area contributed by atoms with Crippen LogP contribution in [0.2, 0.25) is 0 Å². The number of carbonyl (C=O) groups excluding carboxylic acids is 1. The van der Waals surface area contributed by atoms with E-state index in [1.807, 2.05) is 28.5 Å². The summed E-state index contributed by atoms with van der Waals surface area (Å²) in [6.07, 6.45) is 5.49. The van der Waals surface area contributed by atoms with Crippen molar-refractivity contribution in [2.75, 3.05) is 17.7 Å². The lowest BCUT2D eigenvalue weighted by atomic mass is 10.1. The maximum Gasteiger partial charge on any atom is 0.226 e. The van der Waals surface area contributed by atoms with Crippen molar-refractivity contribution in [3.8, 4) is 0 Å². The summed E-state index contributed by atoms with van der Waals surface area (Å²) in [6, 6.07) is 0. The standard InChI is InChI=1S/C14H23N3O4S3/c1-10-12(6-8-21-17(19)20)23-14(15-10)16-13(18)5-3-2-4-11-7-9-22-24-11/h11,19-20H,2-9H2,1H3,(H,15,16,18). The average Bonchev–Trinajstić information content (AvgIpc) is 3.14. The summed E-state index contributed by atoms with van der Waals surface area (Å²) >= 11 is 1.39. The molecule has 0 aliphatic carbocycles. The fraction of sp³-hybridized carbons (Fsp3) is 0.714. The number of thiazole rings is 1. The van der Waals surface area contributed by atoms with Crippen molar-refractivity contribution in [2.45, 2.75) is 50.7 Å². The number of amides is 1. The Bertz CT molecular complexity index is 521. The van der Waals surface area contributed by atoms with E-state index in [-0.39, 0.29) is 17.9 Å². The Morgan fingerprint density at radius 1 is 1.46 bits per heavy atom. The second-order valence-corrected chi connectivity index (χ2v) is 9.36. The third-order valence-corrected chi connectivity index (χ3v) is 7.72. The molecule has 0 radical (unpaired) electrons. The summed E-state index contributed by atoms with van der Waals surface area (Å²) in [5.41, 5.74) is 0.817. The van der Waals surface area contributed by atoms with E-state index in [4.69, 9.17) is 10.4 Å².